The quantitative estimate of drug-likeness (QED) is 0.620. The van der Waals surface area contributed by atoms with E-state index in [-0.39, 0.29) is 0 Å². The molecular formula is C18H14BrPS. The lowest BCUT2D eigenvalue weighted by Crippen LogP contribution is -2.24. The Bertz CT molecular complexity index is 724. The van der Waals surface area contributed by atoms with Crippen LogP contribution in [-0.2, 0) is 11.8 Å². The van der Waals surface area contributed by atoms with E-state index in [1.807, 2.05) is 12.1 Å². The summed E-state index contributed by atoms with van der Waals surface area (Å²) < 4.78 is 1.08. The third-order valence-corrected chi connectivity index (χ3v) is 8.93. The summed E-state index contributed by atoms with van der Waals surface area (Å²) in [5, 5.41) is 3.68. The van der Waals surface area contributed by atoms with E-state index in [1.54, 1.807) is 0 Å². The highest BCUT2D eigenvalue weighted by Crippen LogP contribution is 2.42. The number of hydrogen-bond donors (Lipinski definition) is 0. The van der Waals surface area contributed by atoms with Gasteiger partial charge in [0, 0.05) is 10.5 Å². The number of hydrogen-bond acceptors (Lipinski definition) is 1. The minimum Gasteiger partial charge on any atom is -0.0826 e. The topological polar surface area (TPSA) is 0 Å². The lowest BCUT2D eigenvalue weighted by atomic mass is 10.4. The Morgan fingerprint density at radius 1 is 0.571 bits per heavy atom. The summed E-state index contributed by atoms with van der Waals surface area (Å²) in [5.74, 6) is 0. The highest BCUT2D eigenvalue weighted by Gasteiger charge is 2.24. The van der Waals surface area contributed by atoms with Crippen molar-refractivity contribution in [3.63, 3.8) is 0 Å². The molecule has 0 aliphatic rings. The summed E-state index contributed by atoms with van der Waals surface area (Å²) in [6, 6.07) is 27.4. The standard InChI is InChI=1S/C18H14BrPS/c19-15-11-13-18(14-12-15)20(21,16-7-3-1-4-8-16)17-9-5-2-6-10-17/h1-14H. The van der Waals surface area contributed by atoms with Crippen molar-refractivity contribution in [2.24, 2.45) is 0 Å². The van der Waals surface area contributed by atoms with Crippen molar-refractivity contribution in [3.05, 3.63) is 89.4 Å². The highest BCUT2D eigenvalue weighted by molar-refractivity contribution is 9.10. The molecule has 0 amide bonds. The van der Waals surface area contributed by atoms with Crippen molar-refractivity contribution in [1.82, 2.24) is 0 Å². The van der Waals surface area contributed by atoms with Gasteiger partial charge in [-0.3, -0.25) is 0 Å². The Morgan fingerprint density at radius 2 is 0.952 bits per heavy atom. The zero-order chi connectivity index (χ0) is 14.7. The molecule has 3 heteroatoms. The van der Waals surface area contributed by atoms with Crippen LogP contribution in [0.15, 0.2) is 89.4 Å². The average Bonchev–Trinajstić information content (AvgIpc) is 2.56. The highest BCUT2D eigenvalue weighted by atomic mass is 79.9. The zero-order valence-electron chi connectivity index (χ0n) is 11.3. The molecule has 0 saturated carbocycles. The fourth-order valence-corrected chi connectivity index (χ4v) is 6.38. The molecule has 3 rings (SSSR count). The molecule has 3 aromatic rings. The van der Waals surface area contributed by atoms with Gasteiger partial charge in [-0.2, -0.15) is 0 Å². The summed E-state index contributed by atoms with van der Waals surface area (Å²) in [6.07, 6.45) is 0. The average molecular weight is 373 g/mol. The Balaban J connectivity index is 2.26. The van der Waals surface area contributed by atoms with E-state index < -0.39 is 6.04 Å². The second-order valence-electron chi connectivity index (χ2n) is 4.76. The molecule has 0 bridgehead atoms. The van der Waals surface area contributed by atoms with Crippen LogP contribution >= 0.6 is 22.0 Å². The zero-order valence-corrected chi connectivity index (χ0v) is 14.6. The fourth-order valence-electron chi connectivity index (χ4n) is 2.37. The summed E-state index contributed by atoms with van der Waals surface area (Å²) in [4.78, 5) is 0. The van der Waals surface area contributed by atoms with Crippen LogP contribution in [0.3, 0.4) is 0 Å². The van der Waals surface area contributed by atoms with Crippen LogP contribution in [0.5, 0.6) is 0 Å². The third kappa shape index (κ3) is 2.89. The number of rotatable bonds is 3. The van der Waals surface area contributed by atoms with Crippen molar-refractivity contribution in [2.75, 3.05) is 0 Å². The van der Waals surface area contributed by atoms with Crippen molar-refractivity contribution < 1.29 is 0 Å². The van der Waals surface area contributed by atoms with Crippen molar-refractivity contribution in [2.45, 2.75) is 0 Å². The second-order valence-corrected chi connectivity index (χ2v) is 10.1. The van der Waals surface area contributed by atoms with Gasteiger partial charge in [-0.15, -0.1) is 0 Å². The lowest BCUT2D eigenvalue weighted by molar-refractivity contribution is 1.69. The summed E-state index contributed by atoms with van der Waals surface area (Å²) >= 11 is 9.74. The number of halogens is 1. The van der Waals surface area contributed by atoms with Gasteiger partial charge in [0.25, 0.3) is 0 Å². The molecule has 3 aromatic carbocycles. The van der Waals surface area contributed by atoms with E-state index in [9.17, 15) is 0 Å². The maximum Gasteiger partial charge on any atom is 0.0379 e. The minimum absolute atomic E-state index is 1.08. The van der Waals surface area contributed by atoms with Crippen LogP contribution in [-0.4, -0.2) is 0 Å². The van der Waals surface area contributed by atoms with E-state index in [1.165, 1.54) is 15.9 Å². The van der Waals surface area contributed by atoms with Crippen LogP contribution in [0.2, 0.25) is 0 Å². The lowest BCUT2D eigenvalue weighted by Gasteiger charge is -2.24. The van der Waals surface area contributed by atoms with Gasteiger partial charge in [-0.05, 0) is 28.0 Å². The molecule has 0 aliphatic carbocycles. The van der Waals surface area contributed by atoms with Gasteiger partial charge < -0.3 is 0 Å². The molecule has 21 heavy (non-hydrogen) atoms. The van der Waals surface area contributed by atoms with Crippen LogP contribution < -0.4 is 15.9 Å². The molecule has 0 aromatic heterocycles. The molecule has 0 nitrogen and oxygen atoms in total. The molecule has 0 fully saturated rings. The third-order valence-electron chi connectivity index (χ3n) is 3.43. The van der Waals surface area contributed by atoms with Gasteiger partial charge in [-0.25, -0.2) is 0 Å². The maximum absolute atomic E-state index is 6.24. The number of benzene rings is 3. The molecule has 0 radical (unpaired) electrons. The van der Waals surface area contributed by atoms with Gasteiger partial charge in [0.05, 0.1) is 0 Å². The molecule has 0 atom stereocenters. The first kappa shape index (κ1) is 14.7. The van der Waals surface area contributed by atoms with Crippen molar-refractivity contribution in [1.29, 1.82) is 0 Å². The minimum atomic E-state index is -1.98. The van der Waals surface area contributed by atoms with Crippen molar-refractivity contribution >= 4 is 49.7 Å². The predicted molar refractivity (Wildman–Crippen MR) is 100 cm³/mol. The summed E-state index contributed by atoms with van der Waals surface area (Å²) in [7, 11) is 0. The van der Waals surface area contributed by atoms with Gasteiger partial charge in [0.15, 0.2) is 0 Å². The van der Waals surface area contributed by atoms with Crippen LogP contribution in [0, 0.1) is 0 Å². The first-order valence-electron chi connectivity index (χ1n) is 6.69. The van der Waals surface area contributed by atoms with Crippen LogP contribution in [0.25, 0.3) is 0 Å². The normalized spacial score (nSPS) is 11.3. The molecule has 0 N–H and O–H groups in total. The molecular weight excluding hydrogens is 359 g/mol. The molecule has 0 saturated heterocycles. The Hall–Kier alpha value is -1.21. The molecule has 0 unspecified atom stereocenters. The molecule has 0 heterocycles. The first-order valence-corrected chi connectivity index (χ1v) is 10.3. The second kappa shape index (κ2) is 6.27. The SMILES string of the molecule is S=P(c1ccccc1)(c1ccccc1)c1ccc(Br)cc1. The monoisotopic (exact) mass is 372 g/mol. The molecule has 0 aliphatic heterocycles. The Labute approximate surface area is 139 Å². The van der Waals surface area contributed by atoms with Gasteiger partial charge >= 0.3 is 0 Å². The van der Waals surface area contributed by atoms with E-state index in [2.05, 4.69) is 88.7 Å². The fraction of sp³-hybridized carbons (Fsp3) is 0. The van der Waals surface area contributed by atoms with E-state index in [0.29, 0.717) is 0 Å². The van der Waals surface area contributed by atoms with Crippen LogP contribution in [0.4, 0.5) is 0 Å². The largest absolute Gasteiger partial charge is 0.0826 e. The van der Waals surface area contributed by atoms with Gasteiger partial charge in [0.1, 0.15) is 0 Å². The van der Waals surface area contributed by atoms with E-state index >= 15 is 0 Å². The van der Waals surface area contributed by atoms with Crippen LogP contribution in [0.1, 0.15) is 0 Å². The Morgan fingerprint density at radius 3 is 1.38 bits per heavy atom. The summed E-state index contributed by atoms with van der Waals surface area (Å²) in [5.41, 5.74) is 0. The van der Waals surface area contributed by atoms with E-state index in [4.69, 9.17) is 11.8 Å². The first-order chi connectivity index (χ1) is 10.2. The molecule has 104 valence electrons. The smallest absolute Gasteiger partial charge is 0.0379 e. The Kier molecular flexibility index (Phi) is 4.40. The summed E-state index contributed by atoms with van der Waals surface area (Å²) in [6.45, 7) is 0. The van der Waals surface area contributed by atoms with Crippen molar-refractivity contribution in [3.8, 4) is 0 Å². The maximum atomic E-state index is 6.24. The van der Waals surface area contributed by atoms with Gasteiger partial charge in [0.2, 0.25) is 0 Å². The van der Waals surface area contributed by atoms with E-state index in [0.717, 1.165) is 4.47 Å². The molecule has 0 spiro atoms. The van der Waals surface area contributed by atoms with Gasteiger partial charge in [-0.1, -0.05) is 101 Å². The predicted octanol–water partition coefficient (Wildman–Crippen LogP) is 4.20.